The summed E-state index contributed by atoms with van der Waals surface area (Å²) in [6.45, 7) is 2.53. The maximum absolute atomic E-state index is 13.1. The van der Waals surface area contributed by atoms with Crippen LogP contribution in [-0.2, 0) is 4.79 Å². The van der Waals surface area contributed by atoms with Crippen molar-refractivity contribution in [2.75, 3.05) is 31.1 Å². The van der Waals surface area contributed by atoms with Crippen LogP contribution >= 0.6 is 0 Å². The van der Waals surface area contributed by atoms with Gasteiger partial charge in [0.1, 0.15) is 17.2 Å². The number of carboxylic acid groups (broad SMARTS) is 1. The summed E-state index contributed by atoms with van der Waals surface area (Å²) in [5, 5.41) is 10.7. The number of fused-ring (bicyclic) bond motifs is 1. The topological polar surface area (TPSA) is 56.9 Å². The Hall–Kier alpha value is -2.86. The van der Waals surface area contributed by atoms with Crippen LogP contribution in [0.4, 0.5) is 10.1 Å². The molecule has 26 heavy (non-hydrogen) atoms. The number of hydrogen-bond donors (Lipinski definition) is 1. The molecule has 2 aromatic carbocycles. The number of anilines is 1. The van der Waals surface area contributed by atoms with Crippen molar-refractivity contribution < 1.29 is 18.7 Å². The smallest absolute Gasteiger partial charge is 0.328 e. The molecule has 134 valence electrons. The molecule has 1 N–H and O–H groups in total. The van der Waals surface area contributed by atoms with Crippen molar-refractivity contribution in [2.45, 2.75) is 6.04 Å². The van der Waals surface area contributed by atoms with Crippen LogP contribution in [0.2, 0.25) is 0 Å². The molecule has 1 aliphatic heterocycles. The summed E-state index contributed by atoms with van der Waals surface area (Å²) in [5.41, 5.74) is 1.64. The van der Waals surface area contributed by atoms with Crippen LogP contribution in [0.3, 0.4) is 0 Å². The van der Waals surface area contributed by atoms with Crippen molar-refractivity contribution >= 4 is 22.6 Å². The van der Waals surface area contributed by atoms with Gasteiger partial charge in [-0.05, 0) is 36.4 Å². The standard InChI is InChI=1S/C20H19FN2O3/c21-15-5-7-16(8-6-15)22-9-11-23(12-10-22)19(20(24)25)18-13-14-3-1-2-4-17(14)26-18/h1-8,13,19H,9-12H2,(H,24,25)/t19-/m0/s1. The highest BCUT2D eigenvalue weighted by molar-refractivity contribution is 5.81. The maximum Gasteiger partial charge on any atom is 0.328 e. The van der Waals surface area contributed by atoms with Crippen molar-refractivity contribution in [1.29, 1.82) is 0 Å². The van der Waals surface area contributed by atoms with Gasteiger partial charge in [0.25, 0.3) is 0 Å². The number of nitrogens with zero attached hydrogens (tertiary/aromatic N) is 2. The van der Waals surface area contributed by atoms with Gasteiger partial charge in [0.15, 0.2) is 6.04 Å². The number of aliphatic carboxylic acids is 1. The molecule has 0 radical (unpaired) electrons. The van der Waals surface area contributed by atoms with Gasteiger partial charge in [-0.2, -0.15) is 0 Å². The Kier molecular flexibility index (Phi) is 4.34. The summed E-state index contributed by atoms with van der Waals surface area (Å²) >= 11 is 0. The van der Waals surface area contributed by atoms with E-state index in [0.717, 1.165) is 11.1 Å². The molecule has 4 rings (SSSR count). The Balaban J connectivity index is 1.52. The second-order valence-electron chi connectivity index (χ2n) is 6.43. The van der Waals surface area contributed by atoms with Crippen molar-refractivity contribution in [3.63, 3.8) is 0 Å². The van der Waals surface area contributed by atoms with Crippen LogP contribution in [0.25, 0.3) is 11.0 Å². The summed E-state index contributed by atoms with van der Waals surface area (Å²) in [7, 11) is 0. The highest BCUT2D eigenvalue weighted by Crippen LogP contribution is 2.29. The maximum atomic E-state index is 13.1. The molecule has 1 fully saturated rings. The third-order valence-corrected chi connectivity index (χ3v) is 4.82. The van der Waals surface area contributed by atoms with Gasteiger partial charge in [-0.3, -0.25) is 9.69 Å². The predicted octanol–water partition coefficient (Wildman–Crippen LogP) is 3.52. The van der Waals surface area contributed by atoms with Gasteiger partial charge in [-0.1, -0.05) is 18.2 Å². The number of para-hydroxylation sites is 1. The second kappa shape index (κ2) is 6.80. The van der Waals surface area contributed by atoms with E-state index >= 15 is 0 Å². The van der Waals surface area contributed by atoms with Crippen molar-refractivity contribution in [3.05, 3.63) is 66.2 Å². The van der Waals surface area contributed by atoms with Crippen LogP contribution in [0.1, 0.15) is 11.8 Å². The first-order valence-electron chi connectivity index (χ1n) is 8.58. The quantitative estimate of drug-likeness (QED) is 0.777. The average molecular weight is 354 g/mol. The third kappa shape index (κ3) is 3.15. The molecule has 0 amide bonds. The number of piperazine rings is 1. The van der Waals surface area contributed by atoms with E-state index in [-0.39, 0.29) is 5.82 Å². The summed E-state index contributed by atoms with van der Waals surface area (Å²) in [4.78, 5) is 16.0. The lowest BCUT2D eigenvalue weighted by molar-refractivity contribution is -0.144. The van der Waals surface area contributed by atoms with Gasteiger partial charge in [-0.25, -0.2) is 4.39 Å². The first kappa shape index (κ1) is 16.6. The van der Waals surface area contributed by atoms with E-state index < -0.39 is 12.0 Å². The number of carbonyl (C=O) groups is 1. The first-order chi connectivity index (χ1) is 12.6. The lowest BCUT2D eigenvalue weighted by atomic mass is 10.1. The Bertz CT molecular complexity index is 881. The predicted molar refractivity (Wildman–Crippen MR) is 96.8 cm³/mol. The SMILES string of the molecule is O=C(O)[C@H](c1cc2ccccc2o1)N1CCN(c2ccc(F)cc2)CC1. The molecule has 2 heterocycles. The molecular formula is C20H19FN2O3. The number of rotatable bonds is 4. The van der Waals surface area contributed by atoms with Crippen LogP contribution in [0.5, 0.6) is 0 Å². The fourth-order valence-corrected chi connectivity index (χ4v) is 3.49. The monoisotopic (exact) mass is 354 g/mol. The molecule has 1 saturated heterocycles. The highest BCUT2D eigenvalue weighted by Gasteiger charge is 2.33. The number of halogens is 1. The molecule has 0 saturated carbocycles. The summed E-state index contributed by atoms with van der Waals surface area (Å²) in [6, 6.07) is 14.9. The van der Waals surface area contributed by atoms with Crippen molar-refractivity contribution in [3.8, 4) is 0 Å². The molecule has 0 aliphatic carbocycles. The molecule has 1 aliphatic rings. The van der Waals surface area contributed by atoms with Gasteiger partial charge in [0.05, 0.1) is 0 Å². The Morgan fingerprint density at radius 2 is 1.73 bits per heavy atom. The number of benzene rings is 2. The Morgan fingerprint density at radius 3 is 2.38 bits per heavy atom. The highest BCUT2D eigenvalue weighted by atomic mass is 19.1. The van der Waals surface area contributed by atoms with Crippen molar-refractivity contribution in [2.24, 2.45) is 0 Å². The van der Waals surface area contributed by atoms with E-state index in [2.05, 4.69) is 4.90 Å². The number of furan rings is 1. The number of carboxylic acids is 1. The Morgan fingerprint density at radius 1 is 1.04 bits per heavy atom. The zero-order valence-electron chi connectivity index (χ0n) is 14.1. The fraction of sp³-hybridized carbons (Fsp3) is 0.250. The van der Waals surface area contributed by atoms with E-state index in [0.29, 0.717) is 37.5 Å². The lowest BCUT2D eigenvalue weighted by Gasteiger charge is -2.38. The molecule has 0 spiro atoms. The lowest BCUT2D eigenvalue weighted by Crippen LogP contribution is -2.49. The van der Waals surface area contributed by atoms with Crippen LogP contribution in [-0.4, -0.2) is 42.2 Å². The summed E-state index contributed by atoms with van der Waals surface area (Å²) in [5.74, 6) is -0.726. The van der Waals surface area contributed by atoms with Gasteiger partial charge in [0.2, 0.25) is 0 Å². The van der Waals surface area contributed by atoms with Gasteiger partial charge >= 0.3 is 5.97 Å². The van der Waals surface area contributed by atoms with Crippen LogP contribution < -0.4 is 4.90 Å². The van der Waals surface area contributed by atoms with Gasteiger partial charge in [-0.15, -0.1) is 0 Å². The average Bonchev–Trinajstić information content (AvgIpc) is 3.06. The molecule has 1 atom stereocenters. The summed E-state index contributed by atoms with van der Waals surface area (Å²) in [6.07, 6.45) is 0. The fourth-order valence-electron chi connectivity index (χ4n) is 3.49. The molecule has 0 unspecified atom stereocenters. The minimum Gasteiger partial charge on any atom is -0.480 e. The normalized spacial score (nSPS) is 16.7. The second-order valence-corrected chi connectivity index (χ2v) is 6.43. The van der Waals surface area contributed by atoms with E-state index in [4.69, 9.17) is 4.42 Å². The molecular weight excluding hydrogens is 335 g/mol. The van der Waals surface area contributed by atoms with Gasteiger partial charge < -0.3 is 14.4 Å². The Labute approximate surface area is 150 Å². The van der Waals surface area contributed by atoms with E-state index in [1.807, 2.05) is 29.2 Å². The molecule has 3 aromatic rings. The van der Waals surface area contributed by atoms with E-state index in [1.54, 1.807) is 18.2 Å². The molecule has 5 nitrogen and oxygen atoms in total. The summed E-state index contributed by atoms with van der Waals surface area (Å²) < 4.78 is 18.9. The van der Waals surface area contributed by atoms with E-state index in [9.17, 15) is 14.3 Å². The zero-order chi connectivity index (χ0) is 18.1. The molecule has 1 aromatic heterocycles. The first-order valence-corrected chi connectivity index (χ1v) is 8.58. The number of hydrogen-bond acceptors (Lipinski definition) is 4. The van der Waals surface area contributed by atoms with Crippen LogP contribution in [0.15, 0.2) is 59.0 Å². The zero-order valence-corrected chi connectivity index (χ0v) is 14.1. The molecule has 0 bridgehead atoms. The van der Waals surface area contributed by atoms with Crippen LogP contribution in [0, 0.1) is 5.82 Å². The minimum absolute atomic E-state index is 0.261. The van der Waals surface area contributed by atoms with Gasteiger partial charge in [0, 0.05) is 37.3 Å². The third-order valence-electron chi connectivity index (χ3n) is 4.82. The van der Waals surface area contributed by atoms with Crippen molar-refractivity contribution in [1.82, 2.24) is 4.90 Å². The minimum atomic E-state index is -0.917. The largest absolute Gasteiger partial charge is 0.480 e. The van der Waals surface area contributed by atoms with E-state index in [1.165, 1.54) is 12.1 Å². The molecule has 6 heteroatoms.